The van der Waals surface area contributed by atoms with Crippen molar-refractivity contribution in [1.29, 1.82) is 0 Å². The molecule has 5 atom stereocenters. The van der Waals surface area contributed by atoms with Gasteiger partial charge in [-0.05, 0) is 101 Å². The van der Waals surface area contributed by atoms with Crippen molar-refractivity contribution in [3.05, 3.63) is 111 Å². The smallest absolute Gasteiger partial charge is 0.220 e. The van der Waals surface area contributed by atoms with Crippen LogP contribution in [0, 0.1) is 31.6 Å². The molecule has 7 heterocycles. The van der Waals surface area contributed by atoms with Gasteiger partial charge in [-0.3, -0.25) is 24.3 Å². The minimum atomic E-state index is -0.189. The molecule has 0 saturated heterocycles. The van der Waals surface area contributed by atoms with Gasteiger partial charge in [-0.25, -0.2) is 9.97 Å². The van der Waals surface area contributed by atoms with E-state index in [2.05, 4.69) is 95.4 Å². The van der Waals surface area contributed by atoms with E-state index in [1.807, 2.05) is 47.3 Å². The highest BCUT2D eigenvalue weighted by atomic mass is 16.5. The standard InChI is InChI=1S/C65H83N11O7/c1-10-12-13-16-24-81-42(7)61-40(5)51-32-50-39(4)46(63(72-50)48-30-57(77)62-41(6)52(73-64(48)62)33-54-45(11-2)38(3)49(70-54)34-55(61)71-51)20-21-60(78)66-22-14-15-23-76-36-56(74-75-76)43-18-17-19-44(29-43)69-65-47-31-58(82-27-25-79-8)59(83-28-26-80-9)35-53(47)67-37-68-65/h17-19,29,31-32,35-37,39,42,45-46,48,71,73H,10-16,20-28,30,33-34H2,1-9H3,(H,66,78)(H,67,68,69)/t39-,42?,45?,46-,48?/m0/s1. The lowest BCUT2D eigenvalue weighted by atomic mass is 9.81. The Hall–Kier alpha value is -7.28. The average Bonchev–Trinajstić information content (AvgIpc) is 2.71. The quantitative estimate of drug-likeness (QED) is 0.0354. The predicted octanol–water partition coefficient (Wildman–Crippen LogP) is 12.3. The first kappa shape index (κ1) is 58.9. The van der Waals surface area contributed by atoms with Crippen molar-refractivity contribution in [1.82, 2.24) is 40.2 Å². The molecule has 6 aromatic rings. The number of nitrogens with one attached hydrogen (secondary N) is 4. The first-order valence-corrected chi connectivity index (χ1v) is 30.1. The summed E-state index contributed by atoms with van der Waals surface area (Å²) in [5.41, 5.74) is 17.1. The molecule has 440 valence electrons. The van der Waals surface area contributed by atoms with E-state index < -0.39 is 0 Å². The fourth-order valence-corrected chi connectivity index (χ4v) is 12.7. The third-order valence-electron chi connectivity index (χ3n) is 17.3. The number of rotatable bonds is 27. The number of benzene rings is 2. The van der Waals surface area contributed by atoms with Crippen molar-refractivity contribution in [2.45, 2.75) is 144 Å². The molecule has 3 aliphatic heterocycles. The second-order valence-corrected chi connectivity index (χ2v) is 22.8. The molecule has 4 N–H and O–H groups in total. The summed E-state index contributed by atoms with van der Waals surface area (Å²) < 4.78 is 30.9. The number of aromatic nitrogens is 7. The van der Waals surface area contributed by atoms with Crippen molar-refractivity contribution in [2.24, 2.45) is 27.7 Å². The highest BCUT2D eigenvalue weighted by molar-refractivity contribution is 6.11. The summed E-state index contributed by atoms with van der Waals surface area (Å²) in [5.74, 6) is 1.94. The van der Waals surface area contributed by atoms with Crippen molar-refractivity contribution in [2.75, 3.05) is 59.1 Å². The van der Waals surface area contributed by atoms with Gasteiger partial charge in [0.05, 0.1) is 31.0 Å². The maximum Gasteiger partial charge on any atom is 0.220 e. The zero-order valence-electron chi connectivity index (χ0n) is 50.0. The lowest BCUT2D eigenvalue weighted by Gasteiger charge is -2.22. The van der Waals surface area contributed by atoms with E-state index >= 15 is 0 Å². The molecule has 3 unspecified atom stereocenters. The number of hydrogen-bond acceptors (Lipinski definition) is 14. The number of Topliss-reactive ketones (excluding diaryl/α,β-unsaturated/α-hetero) is 1. The number of carbonyl (C=O) groups excluding carboxylic acids is 2. The molecule has 0 spiro atoms. The second-order valence-electron chi connectivity index (χ2n) is 22.8. The Morgan fingerprint density at radius 2 is 1.69 bits per heavy atom. The van der Waals surface area contributed by atoms with Crippen molar-refractivity contribution >= 4 is 51.6 Å². The number of ether oxygens (including phenoxy) is 5. The van der Waals surface area contributed by atoms with Gasteiger partial charge in [0.25, 0.3) is 0 Å². The van der Waals surface area contributed by atoms with E-state index in [9.17, 15) is 9.59 Å². The molecule has 10 rings (SSSR count). The maximum atomic E-state index is 14.1. The summed E-state index contributed by atoms with van der Waals surface area (Å²) in [6.45, 7) is 18.9. The summed E-state index contributed by atoms with van der Waals surface area (Å²) >= 11 is 0. The number of aromatic amines is 2. The monoisotopic (exact) mass is 1130 g/mol. The Labute approximate surface area is 487 Å². The van der Waals surface area contributed by atoms with E-state index in [-0.39, 0.29) is 41.5 Å². The number of anilines is 2. The normalized spacial score (nSPS) is 18.7. The van der Waals surface area contributed by atoms with Crippen LogP contribution >= 0.6 is 0 Å². The van der Waals surface area contributed by atoms with Crippen LogP contribution in [0.3, 0.4) is 0 Å². The number of unbranched alkanes of at least 4 members (excludes halogenated alkanes) is 4. The molecule has 83 heavy (non-hydrogen) atoms. The van der Waals surface area contributed by atoms with E-state index in [0.29, 0.717) is 94.5 Å². The molecular formula is C65H83N11O7. The van der Waals surface area contributed by atoms with Gasteiger partial charge in [0.15, 0.2) is 17.3 Å². The summed E-state index contributed by atoms with van der Waals surface area (Å²) in [7, 11) is 3.26. The van der Waals surface area contributed by atoms with E-state index in [4.69, 9.17) is 33.7 Å². The highest BCUT2D eigenvalue weighted by Gasteiger charge is 2.44. The zero-order chi connectivity index (χ0) is 58.1. The molecule has 8 bridgehead atoms. The minimum absolute atomic E-state index is 0.0108. The molecule has 0 saturated carbocycles. The lowest BCUT2D eigenvalue weighted by molar-refractivity contribution is -0.121. The number of fused-ring (bicyclic) bond motifs is 7. The number of aryl methyl sites for hydroxylation is 1. The minimum Gasteiger partial charge on any atom is -0.487 e. The molecule has 4 aliphatic rings. The van der Waals surface area contributed by atoms with Gasteiger partial charge in [-0.15, -0.1) is 5.10 Å². The Bertz CT molecular complexity index is 3440. The fourth-order valence-electron chi connectivity index (χ4n) is 12.7. The Morgan fingerprint density at radius 1 is 0.880 bits per heavy atom. The van der Waals surface area contributed by atoms with Crippen molar-refractivity contribution in [3.8, 4) is 22.8 Å². The number of allylic oxidation sites excluding steroid dienone is 3. The maximum absolute atomic E-state index is 14.1. The molecule has 1 aliphatic carbocycles. The van der Waals surface area contributed by atoms with Crippen LogP contribution in [0.15, 0.2) is 75.9 Å². The molecule has 0 radical (unpaired) electrons. The topological polar surface area (TPSA) is 217 Å². The van der Waals surface area contributed by atoms with Crippen molar-refractivity contribution < 1.29 is 33.3 Å². The fraction of sp³-hybridized carbons (Fsp3) is 0.508. The first-order valence-electron chi connectivity index (χ1n) is 30.1. The Kier molecular flexibility index (Phi) is 19.1. The summed E-state index contributed by atoms with van der Waals surface area (Å²) in [6.07, 6.45) is 15.4. The summed E-state index contributed by atoms with van der Waals surface area (Å²) in [4.78, 5) is 55.5. The van der Waals surface area contributed by atoms with Crippen molar-refractivity contribution in [3.63, 3.8) is 0 Å². The van der Waals surface area contributed by atoms with Gasteiger partial charge in [0, 0.05) is 163 Å². The largest absolute Gasteiger partial charge is 0.487 e. The van der Waals surface area contributed by atoms with E-state index in [0.717, 1.165) is 117 Å². The number of aliphatic imine (C=N–C) groups is 2. The Balaban J connectivity index is 0.787. The van der Waals surface area contributed by atoms with E-state index in [1.54, 1.807) is 14.2 Å². The third-order valence-corrected chi connectivity index (χ3v) is 17.3. The van der Waals surface area contributed by atoms with Gasteiger partial charge < -0.3 is 44.3 Å². The van der Waals surface area contributed by atoms with Crippen LogP contribution in [0.5, 0.6) is 11.5 Å². The van der Waals surface area contributed by atoms with Crippen LogP contribution in [0.1, 0.15) is 161 Å². The predicted molar refractivity (Wildman–Crippen MR) is 325 cm³/mol. The average molecular weight is 1130 g/mol. The van der Waals surface area contributed by atoms with Crippen LogP contribution < -0.4 is 20.1 Å². The van der Waals surface area contributed by atoms with Crippen LogP contribution in [0.4, 0.5) is 11.5 Å². The third kappa shape index (κ3) is 13.1. The van der Waals surface area contributed by atoms with Gasteiger partial charge in [0.2, 0.25) is 5.91 Å². The van der Waals surface area contributed by atoms with Gasteiger partial charge in [-0.1, -0.05) is 57.4 Å². The second kappa shape index (κ2) is 27.0. The zero-order valence-corrected chi connectivity index (χ0v) is 50.0. The van der Waals surface area contributed by atoms with Gasteiger partial charge in [-0.2, -0.15) is 0 Å². The van der Waals surface area contributed by atoms with Gasteiger partial charge in [0.1, 0.15) is 31.1 Å². The van der Waals surface area contributed by atoms with Crippen LogP contribution in [0.25, 0.3) is 28.2 Å². The molecule has 18 heteroatoms. The molecule has 2 aromatic carbocycles. The number of hydrogen-bond donors (Lipinski definition) is 4. The molecule has 0 fully saturated rings. The number of ketones is 1. The lowest BCUT2D eigenvalue weighted by Crippen LogP contribution is -2.28. The molecule has 1 amide bonds. The van der Waals surface area contributed by atoms with E-state index in [1.165, 1.54) is 36.7 Å². The summed E-state index contributed by atoms with van der Waals surface area (Å²) in [5, 5.41) is 16.4. The SMILES string of the molecule is CCCCCCOC(C)c1c2[nH]c(c1C)C=C1N=C(C3CC(=O)c4c3[nH]c(c4C)CC3=NC(=C(C)C3CC)C2)[C@@H](CCC(=O)NCCCCn2cc(-c3cccc(Nc4ncnc5cc(OCCOC)c(OCCOC)cc45)c3)nn2)[C@@H]1C. The molecular weight excluding hydrogens is 1050 g/mol. The highest BCUT2D eigenvalue weighted by Crippen LogP contribution is 2.47. The Morgan fingerprint density at radius 3 is 2.47 bits per heavy atom. The van der Waals surface area contributed by atoms with Gasteiger partial charge >= 0.3 is 0 Å². The number of carbonyl (C=O) groups is 2. The summed E-state index contributed by atoms with van der Waals surface area (Å²) in [6, 6.07) is 11.7. The number of nitrogens with zero attached hydrogens (tertiary/aromatic N) is 7. The molecule has 4 aromatic heterocycles. The number of amides is 1. The molecule has 18 nitrogen and oxygen atoms in total. The number of methoxy groups -OCH3 is 2. The first-order chi connectivity index (χ1) is 40.4. The van der Waals surface area contributed by atoms with Crippen LogP contribution in [-0.4, -0.2) is 112 Å². The number of H-pyrrole nitrogens is 2. The van der Waals surface area contributed by atoms with Crippen LogP contribution in [0.2, 0.25) is 0 Å². The van der Waals surface area contributed by atoms with Crippen LogP contribution in [-0.2, 0) is 38.4 Å².